The topological polar surface area (TPSA) is 61.0 Å². The summed E-state index contributed by atoms with van der Waals surface area (Å²) >= 11 is 12.9. The Morgan fingerprint density at radius 2 is 0.971 bits per heavy atom. The standard InChI is InChI=1S/C26H38Cl2N2O4.ClH/c1-31-21-11-9-19(23(27)25(21)33-3)13-17-29-15-7-5-6-8-16-30-18-14-20-10-12-22(32-2)26(34-4)24(20)28;/h9-12,29-30H,5-8,13-18H2,1-4H3;1H. The molecule has 0 radical (unpaired) electrons. The highest BCUT2D eigenvalue weighted by atomic mass is 35.5. The van der Waals surface area contributed by atoms with E-state index in [0.29, 0.717) is 33.0 Å². The van der Waals surface area contributed by atoms with Crippen molar-refractivity contribution in [3.8, 4) is 23.0 Å². The summed E-state index contributed by atoms with van der Waals surface area (Å²) < 4.78 is 21.3. The van der Waals surface area contributed by atoms with Crippen LogP contribution in [0.15, 0.2) is 24.3 Å². The van der Waals surface area contributed by atoms with E-state index in [4.69, 9.17) is 42.1 Å². The van der Waals surface area contributed by atoms with Gasteiger partial charge in [0, 0.05) is 0 Å². The van der Waals surface area contributed by atoms with E-state index < -0.39 is 0 Å². The Bertz CT molecular complexity index is 813. The fourth-order valence-corrected chi connectivity index (χ4v) is 4.45. The van der Waals surface area contributed by atoms with E-state index >= 15 is 0 Å². The van der Waals surface area contributed by atoms with Crippen molar-refractivity contribution >= 4 is 35.6 Å². The van der Waals surface area contributed by atoms with Crippen molar-refractivity contribution in [3.63, 3.8) is 0 Å². The second-order valence-corrected chi connectivity index (χ2v) is 8.72. The zero-order valence-corrected chi connectivity index (χ0v) is 23.5. The van der Waals surface area contributed by atoms with Crippen molar-refractivity contribution in [2.75, 3.05) is 54.6 Å². The van der Waals surface area contributed by atoms with Gasteiger partial charge in [-0.05, 0) is 75.1 Å². The number of rotatable bonds is 17. The summed E-state index contributed by atoms with van der Waals surface area (Å²) in [6.07, 6.45) is 6.48. The van der Waals surface area contributed by atoms with Crippen LogP contribution in [0.1, 0.15) is 36.8 Å². The number of hydrogen-bond donors (Lipinski definition) is 2. The third-order valence-corrected chi connectivity index (χ3v) is 6.56. The molecule has 0 saturated carbocycles. The average molecular weight is 550 g/mol. The maximum atomic E-state index is 6.44. The number of nitrogens with one attached hydrogen (secondary N) is 2. The summed E-state index contributed by atoms with van der Waals surface area (Å²) in [4.78, 5) is 0. The molecule has 35 heavy (non-hydrogen) atoms. The smallest absolute Gasteiger partial charge is 0.179 e. The van der Waals surface area contributed by atoms with E-state index in [9.17, 15) is 0 Å². The number of unbranched alkanes of at least 4 members (excludes halogenated alkanes) is 3. The molecule has 2 N–H and O–H groups in total. The Labute approximate surface area is 226 Å². The largest absolute Gasteiger partial charge is 0.493 e. The molecule has 2 aromatic carbocycles. The number of benzene rings is 2. The monoisotopic (exact) mass is 548 g/mol. The minimum absolute atomic E-state index is 0. The van der Waals surface area contributed by atoms with Gasteiger partial charge in [-0.2, -0.15) is 0 Å². The summed E-state index contributed by atoms with van der Waals surface area (Å²) in [5.41, 5.74) is 2.12. The Kier molecular flexibility index (Phi) is 16.0. The van der Waals surface area contributed by atoms with Gasteiger partial charge in [0.05, 0.1) is 38.5 Å². The molecule has 0 fully saturated rings. The van der Waals surface area contributed by atoms with Crippen LogP contribution in [0.5, 0.6) is 23.0 Å². The molecule has 2 aromatic rings. The van der Waals surface area contributed by atoms with Crippen LogP contribution in [0.2, 0.25) is 10.0 Å². The van der Waals surface area contributed by atoms with E-state index in [2.05, 4.69) is 10.6 Å². The van der Waals surface area contributed by atoms with E-state index in [1.165, 1.54) is 25.7 Å². The first kappa shape index (κ1) is 31.5. The normalized spacial score (nSPS) is 10.6. The van der Waals surface area contributed by atoms with Crippen LogP contribution in [-0.4, -0.2) is 54.6 Å². The molecule has 0 saturated heterocycles. The first-order valence-electron chi connectivity index (χ1n) is 11.8. The van der Waals surface area contributed by atoms with Crippen molar-refractivity contribution < 1.29 is 18.9 Å². The van der Waals surface area contributed by atoms with Gasteiger partial charge >= 0.3 is 0 Å². The molecular weight excluding hydrogens is 511 g/mol. The second-order valence-electron chi connectivity index (χ2n) is 7.96. The quantitative estimate of drug-likeness (QED) is 0.237. The van der Waals surface area contributed by atoms with E-state index in [1.807, 2.05) is 24.3 Å². The summed E-state index contributed by atoms with van der Waals surface area (Å²) in [6, 6.07) is 7.79. The maximum absolute atomic E-state index is 6.44. The number of hydrogen-bond acceptors (Lipinski definition) is 6. The number of ether oxygens (including phenoxy) is 4. The van der Waals surface area contributed by atoms with Crippen LogP contribution < -0.4 is 29.6 Å². The highest BCUT2D eigenvalue weighted by Crippen LogP contribution is 2.38. The highest BCUT2D eigenvalue weighted by molar-refractivity contribution is 6.33. The zero-order chi connectivity index (χ0) is 24.8. The molecule has 0 aromatic heterocycles. The van der Waals surface area contributed by atoms with Crippen molar-refractivity contribution in [2.45, 2.75) is 38.5 Å². The highest BCUT2D eigenvalue weighted by Gasteiger charge is 2.13. The first-order valence-corrected chi connectivity index (χ1v) is 12.5. The van der Waals surface area contributed by atoms with Gasteiger partial charge < -0.3 is 29.6 Å². The van der Waals surface area contributed by atoms with Crippen LogP contribution in [0.4, 0.5) is 0 Å². The van der Waals surface area contributed by atoms with Gasteiger partial charge in [-0.15, -0.1) is 12.4 Å². The van der Waals surface area contributed by atoms with Gasteiger partial charge in [0.25, 0.3) is 0 Å². The third-order valence-electron chi connectivity index (χ3n) is 5.73. The molecule has 198 valence electrons. The minimum Gasteiger partial charge on any atom is -0.493 e. The van der Waals surface area contributed by atoms with E-state index in [0.717, 1.165) is 50.1 Å². The van der Waals surface area contributed by atoms with Crippen LogP contribution in [0.3, 0.4) is 0 Å². The maximum Gasteiger partial charge on any atom is 0.179 e. The lowest BCUT2D eigenvalue weighted by molar-refractivity contribution is 0.354. The summed E-state index contributed by atoms with van der Waals surface area (Å²) in [5, 5.41) is 8.26. The van der Waals surface area contributed by atoms with Crippen molar-refractivity contribution in [1.29, 1.82) is 0 Å². The Hall–Kier alpha value is -1.57. The van der Waals surface area contributed by atoms with Gasteiger partial charge in [0.15, 0.2) is 23.0 Å². The van der Waals surface area contributed by atoms with Crippen LogP contribution in [0, 0.1) is 0 Å². The summed E-state index contributed by atoms with van der Waals surface area (Å²) in [7, 11) is 6.44. The van der Waals surface area contributed by atoms with Gasteiger partial charge in [-0.3, -0.25) is 0 Å². The number of methoxy groups -OCH3 is 4. The minimum atomic E-state index is 0. The predicted octanol–water partition coefficient (Wildman–Crippen LogP) is 5.97. The molecule has 0 aliphatic rings. The van der Waals surface area contributed by atoms with Crippen LogP contribution in [-0.2, 0) is 12.8 Å². The van der Waals surface area contributed by atoms with Crippen molar-refractivity contribution in [1.82, 2.24) is 10.6 Å². The molecule has 0 bridgehead atoms. The van der Waals surface area contributed by atoms with Gasteiger partial charge in [0.1, 0.15) is 0 Å². The molecule has 0 spiro atoms. The first-order chi connectivity index (χ1) is 16.6. The molecule has 0 aliphatic heterocycles. The SMILES string of the molecule is COc1ccc(CCNCCCCCCNCCc2ccc(OC)c(OC)c2Cl)c(Cl)c1OC.Cl. The van der Waals surface area contributed by atoms with Gasteiger partial charge in [-0.25, -0.2) is 0 Å². The van der Waals surface area contributed by atoms with Gasteiger partial charge in [-0.1, -0.05) is 48.2 Å². The summed E-state index contributed by atoms with van der Waals surface area (Å²) in [5.74, 6) is 2.51. The molecule has 0 unspecified atom stereocenters. The van der Waals surface area contributed by atoms with Crippen LogP contribution >= 0.6 is 35.6 Å². The number of halogens is 3. The Morgan fingerprint density at radius 1 is 0.571 bits per heavy atom. The van der Waals surface area contributed by atoms with E-state index in [1.54, 1.807) is 28.4 Å². The molecule has 6 nitrogen and oxygen atoms in total. The Morgan fingerprint density at radius 3 is 1.31 bits per heavy atom. The molecular formula is C26H39Cl3N2O4. The van der Waals surface area contributed by atoms with Gasteiger partial charge in [0.2, 0.25) is 0 Å². The average Bonchev–Trinajstić information content (AvgIpc) is 2.85. The fraction of sp³-hybridized carbons (Fsp3) is 0.538. The van der Waals surface area contributed by atoms with E-state index in [-0.39, 0.29) is 12.4 Å². The molecule has 2 rings (SSSR count). The lowest BCUT2D eigenvalue weighted by Crippen LogP contribution is -2.19. The van der Waals surface area contributed by atoms with Crippen molar-refractivity contribution in [3.05, 3.63) is 45.4 Å². The second kappa shape index (κ2) is 17.8. The summed E-state index contributed by atoms with van der Waals surface area (Å²) in [6.45, 7) is 3.79. The molecule has 0 heterocycles. The van der Waals surface area contributed by atoms with Crippen molar-refractivity contribution in [2.24, 2.45) is 0 Å². The molecule has 0 aliphatic carbocycles. The third kappa shape index (κ3) is 9.77. The lowest BCUT2D eigenvalue weighted by Gasteiger charge is -2.13. The molecule has 0 amide bonds. The fourth-order valence-electron chi connectivity index (χ4n) is 3.80. The molecule has 9 heteroatoms. The predicted molar refractivity (Wildman–Crippen MR) is 148 cm³/mol. The van der Waals surface area contributed by atoms with Crippen LogP contribution in [0.25, 0.3) is 0 Å². The Balaban J connectivity index is 0.00000612. The molecule has 0 atom stereocenters. The zero-order valence-electron chi connectivity index (χ0n) is 21.2. The lowest BCUT2D eigenvalue weighted by atomic mass is 10.1.